The van der Waals surface area contributed by atoms with Crippen molar-refractivity contribution in [1.29, 1.82) is 0 Å². The number of hydrogen-bond acceptors (Lipinski definition) is 3. The molecular weight excluding hydrogens is 613 g/mol. The Morgan fingerprint density at radius 3 is 2.36 bits per heavy atom. The Balaban J connectivity index is 1.32. The Labute approximate surface area is 298 Å². The van der Waals surface area contributed by atoms with E-state index >= 15 is 0 Å². The van der Waals surface area contributed by atoms with Gasteiger partial charge in [0, 0.05) is 46.3 Å². The van der Waals surface area contributed by atoms with E-state index in [4.69, 9.17) is 14.8 Å². The van der Waals surface area contributed by atoms with Crippen molar-refractivity contribution in [2.45, 2.75) is 93.4 Å². The molecule has 0 saturated heterocycles. The fourth-order valence-corrected chi connectivity index (χ4v) is 8.44. The Bertz CT molecular complexity index is 2240. The maximum absolute atomic E-state index is 6.80. The maximum atomic E-state index is 6.80. The summed E-state index contributed by atoms with van der Waals surface area (Å²) >= 11 is 0. The topological polar surface area (TPSA) is 44.9 Å². The molecule has 1 aliphatic rings. The molecule has 0 radical (unpaired) electrons. The first-order valence-electron chi connectivity index (χ1n) is 18.3. The van der Waals surface area contributed by atoms with E-state index in [1.165, 1.54) is 45.2 Å². The number of benzene rings is 3. The van der Waals surface area contributed by atoms with Gasteiger partial charge in [0.05, 0.1) is 22.4 Å². The lowest BCUT2D eigenvalue weighted by Gasteiger charge is -2.32. The van der Waals surface area contributed by atoms with E-state index in [1.807, 2.05) is 6.20 Å². The van der Waals surface area contributed by atoms with Crippen LogP contribution >= 0.6 is 0 Å². The lowest BCUT2D eigenvalue weighted by Crippen LogP contribution is -2.20. The second kappa shape index (κ2) is 12.9. The number of nitrogens with zero attached hydrogens (tertiary/aromatic N) is 4. The van der Waals surface area contributed by atoms with Crippen LogP contribution in [-0.2, 0) is 11.8 Å². The molecule has 3 aromatic carbocycles. The number of pyridine rings is 1. The Hall–Kier alpha value is -4.64. The molecule has 0 aliphatic heterocycles. The molecule has 1 aliphatic carbocycles. The van der Waals surface area contributed by atoms with Gasteiger partial charge in [0.2, 0.25) is 0 Å². The van der Waals surface area contributed by atoms with Crippen LogP contribution < -0.4 is 4.74 Å². The van der Waals surface area contributed by atoms with Gasteiger partial charge in [0.15, 0.2) is 0 Å². The van der Waals surface area contributed by atoms with Crippen LogP contribution in [0, 0.1) is 31.6 Å². The quantitative estimate of drug-likeness (QED) is 0.160. The molecule has 0 spiro atoms. The number of ether oxygens (including phenoxy) is 1. The molecule has 0 saturated carbocycles. The van der Waals surface area contributed by atoms with E-state index in [2.05, 4.69) is 157 Å². The number of allylic oxidation sites excluding steroid dienone is 2. The van der Waals surface area contributed by atoms with Gasteiger partial charge in [-0.2, -0.15) is 5.10 Å². The molecule has 5 nitrogen and oxygen atoms in total. The van der Waals surface area contributed by atoms with Gasteiger partial charge in [-0.15, -0.1) is 0 Å². The van der Waals surface area contributed by atoms with Crippen molar-refractivity contribution in [2.75, 3.05) is 0 Å². The molecule has 7 rings (SSSR count). The predicted octanol–water partition coefficient (Wildman–Crippen LogP) is 12.0. The minimum atomic E-state index is -0.0799. The highest BCUT2D eigenvalue weighted by atomic mass is 16.5. The summed E-state index contributed by atoms with van der Waals surface area (Å²) in [6.45, 7) is 22.7. The maximum Gasteiger partial charge on any atom is 0.137 e. The highest BCUT2D eigenvalue weighted by Crippen LogP contribution is 2.43. The summed E-state index contributed by atoms with van der Waals surface area (Å²) in [5, 5.41) is 7.56. The molecule has 3 heterocycles. The average molecular weight is 665 g/mol. The van der Waals surface area contributed by atoms with Gasteiger partial charge < -0.3 is 4.74 Å². The van der Waals surface area contributed by atoms with Crippen molar-refractivity contribution in [3.63, 3.8) is 0 Å². The number of hydrogen-bond donors (Lipinski definition) is 0. The lowest BCUT2D eigenvalue weighted by molar-refractivity contribution is 0.390. The molecule has 0 N–H and O–H groups in total. The number of aryl methyl sites for hydroxylation is 1. The molecule has 50 heavy (non-hydrogen) atoms. The fourth-order valence-electron chi connectivity index (χ4n) is 8.44. The second-order valence-corrected chi connectivity index (χ2v) is 16.3. The van der Waals surface area contributed by atoms with Crippen molar-refractivity contribution >= 4 is 21.8 Å². The monoisotopic (exact) mass is 664 g/mol. The van der Waals surface area contributed by atoms with E-state index in [1.54, 1.807) is 0 Å². The van der Waals surface area contributed by atoms with Crippen LogP contribution in [0.4, 0.5) is 0 Å². The smallest absolute Gasteiger partial charge is 0.137 e. The zero-order valence-electron chi connectivity index (χ0n) is 31.5. The van der Waals surface area contributed by atoms with E-state index < -0.39 is 0 Å². The number of rotatable bonds is 7. The first kappa shape index (κ1) is 33.8. The molecule has 3 aromatic heterocycles. The highest BCUT2D eigenvalue weighted by Gasteiger charge is 2.31. The van der Waals surface area contributed by atoms with Gasteiger partial charge in [0.1, 0.15) is 17.3 Å². The van der Waals surface area contributed by atoms with Crippen LogP contribution in [0.2, 0.25) is 0 Å². The first-order valence-corrected chi connectivity index (χ1v) is 18.3. The van der Waals surface area contributed by atoms with Crippen molar-refractivity contribution in [3.8, 4) is 23.0 Å². The Morgan fingerprint density at radius 2 is 1.62 bits per heavy atom. The van der Waals surface area contributed by atoms with Crippen LogP contribution in [0.15, 0.2) is 90.6 Å². The summed E-state index contributed by atoms with van der Waals surface area (Å²) in [7, 11) is 0. The lowest BCUT2D eigenvalue weighted by atomic mass is 9.72. The molecule has 5 heteroatoms. The SMILES string of the molecule is CC1=C[C@H](C)C[C@H](C)[C@H]1c1c(C)nn(-c2cc(Oc3ccc4c5ccccc5n(-c5cc(CC(C)C)ccn5)c4c3)cc(C(C)(C)C)c2)c1C. The Kier molecular flexibility index (Phi) is 8.74. The summed E-state index contributed by atoms with van der Waals surface area (Å²) in [5.41, 5.74) is 10.8. The zero-order valence-corrected chi connectivity index (χ0v) is 31.5. The van der Waals surface area contributed by atoms with Crippen molar-refractivity contribution < 1.29 is 4.74 Å². The third-order valence-electron chi connectivity index (χ3n) is 10.6. The van der Waals surface area contributed by atoms with Crippen molar-refractivity contribution in [1.82, 2.24) is 19.3 Å². The van der Waals surface area contributed by atoms with Crippen LogP contribution in [-0.4, -0.2) is 19.3 Å². The largest absolute Gasteiger partial charge is 0.457 e. The molecule has 3 atom stereocenters. The summed E-state index contributed by atoms with van der Waals surface area (Å²) in [6.07, 6.45) is 6.61. The van der Waals surface area contributed by atoms with Crippen LogP contribution in [0.5, 0.6) is 11.5 Å². The summed E-state index contributed by atoms with van der Waals surface area (Å²) in [6, 6.07) is 26.0. The molecule has 0 bridgehead atoms. The third kappa shape index (κ3) is 6.27. The first-order chi connectivity index (χ1) is 23.8. The van der Waals surface area contributed by atoms with Gasteiger partial charge in [-0.25, -0.2) is 9.67 Å². The summed E-state index contributed by atoms with van der Waals surface area (Å²) in [5.74, 6) is 4.67. The molecule has 0 amide bonds. The van der Waals surface area contributed by atoms with Crippen LogP contribution in [0.1, 0.15) is 95.8 Å². The van der Waals surface area contributed by atoms with E-state index in [0.29, 0.717) is 23.7 Å². The van der Waals surface area contributed by atoms with Crippen LogP contribution in [0.3, 0.4) is 0 Å². The van der Waals surface area contributed by atoms with Gasteiger partial charge in [0.25, 0.3) is 0 Å². The second-order valence-electron chi connectivity index (χ2n) is 16.3. The highest BCUT2D eigenvalue weighted by molar-refractivity contribution is 6.09. The van der Waals surface area contributed by atoms with Crippen molar-refractivity contribution in [2.24, 2.45) is 17.8 Å². The minimum Gasteiger partial charge on any atom is -0.457 e. The van der Waals surface area contributed by atoms with Crippen molar-refractivity contribution in [3.05, 3.63) is 119 Å². The minimum absolute atomic E-state index is 0.0799. The van der Waals surface area contributed by atoms with Crippen LogP contribution in [0.25, 0.3) is 33.3 Å². The predicted molar refractivity (Wildman–Crippen MR) is 208 cm³/mol. The van der Waals surface area contributed by atoms with E-state index in [9.17, 15) is 0 Å². The van der Waals surface area contributed by atoms with Gasteiger partial charge in [-0.3, -0.25) is 4.57 Å². The molecule has 258 valence electrons. The average Bonchev–Trinajstić information content (AvgIpc) is 3.53. The Morgan fingerprint density at radius 1 is 0.860 bits per heavy atom. The number of fused-ring (bicyclic) bond motifs is 3. The molecule has 0 fully saturated rings. The normalized spacial score (nSPS) is 18.3. The van der Waals surface area contributed by atoms with Gasteiger partial charge in [-0.05, 0) is 110 Å². The summed E-state index contributed by atoms with van der Waals surface area (Å²) < 4.78 is 11.2. The standard InChI is InChI=1S/C45H52N4O/c1-27(2)19-33-17-18-46-42(22-33)48-40-14-12-11-13-38(40)39-16-15-36(26-41(39)48)50-37-24-34(45(8,9)10)23-35(25-37)49-32(7)44(31(6)47-49)43-29(4)20-28(3)21-30(43)5/h11-18,20,22-28,30,43H,19,21H2,1-10H3/t28-,30-,43-/m0/s1. The number of aromatic nitrogens is 4. The third-order valence-corrected chi connectivity index (χ3v) is 10.6. The van der Waals surface area contributed by atoms with Gasteiger partial charge in [-0.1, -0.05) is 78.3 Å². The molecule has 0 unspecified atom stereocenters. The summed E-state index contributed by atoms with van der Waals surface area (Å²) in [4.78, 5) is 4.86. The van der Waals surface area contributed by atoms with E-state index in [0.717, 1.165) is 46.2 Å². The zero-order chi connectivity index (χ0) is 35.5. The fraction of sp³-hybridized carbons (Fsp3) is 0.378. The number of para-hydroxylation sites is 1. The van der Waals surface area contributed by atoms with Gasteiger partial charge >= 0.3 is 0 Å². The molecule has 6 aromatic rings. The molecular formula is C45H52N4O. The van der Waals surface area contributed by atoms with E-state index in [-0.39, 0.29) is 5.41 Å².